The molecule has 7 nitrogen and oxygen atoms in total. The molecule has 0 bridgehead atoms. The van der Waals surface area contributed by atoms with Gasteiger partial charge in [0.2, 0.25) is 5.91 Å². The Morgan fingerprint density at radius 1 is 1.12 bits per heavy atom. The number of ether oxygens (including phenoxy) is 2. The first-order valence-electron chi connectivity index (χ1n) is 10.9. The van der Waals surface area contributed by atoms with E-state index in [1.54, 1.807) is 12.1 Å². The van der Waals surface area contributed by atoms with Crippen molar-refractivity contribution in [3.8, 4) is 11.5 Å². The van der Waals surface area contributed by atoms with Gasteiger partial charge >= 0.3 is 0 Å². The van der Waals surface area contributed by atoms with Gasteiger partial charge in [0, 0.05) is 37.7 Å². The maximum absolute atomic E-state index is 12.2. The zero-order chi connectivity index (χ0) is 22.8. The van der Waals surface area contributed by atoms with E-state index in [-0.39, 0.29) is 5.91 Å². The molecule has 3 unspecified atom stereocenters. The van der Waals surface area contributed by atoms with Crippen molar-refractivity contribution in [1.82, 2.24) is 9.80 Å². The lowest BCUT2D eigenvalue weighted by atomic mass is 10.0. The van der Waals surface area contributed by atoms with Gasteiger partial charge in [0.15, 0.2) is 17.6 Å². The molecule has 1 saturated heterocycles. The van der Waals surface area contributed by atoms with E-state index < -0.39 is 18.2 Å². The number of hydrogen-bond donors (Lipinski definition) is 2. The first-order chi connectivity index (χ1) is 15.3. The number of aliphatic hydroxyl groups excluding tert-OH is 1. The first-order valence-corrected chi connectivity index (χ1v) is 11.3. The predicted molar refractivity (Wildman–Crippen MR) is 123 cm³/mol. The fraction of sp³-hybridized carbons (Fsp3) is 0.458. The molecule has 2 aromatic carbocycles. The molecule has 172 valence electrons. The number of halogens is 1. The van der Waals surface area contributed by atoms with Crippen LogP contribution in [-0.4, -0.2) is 72.4 Å². The second kappa shape index (κ2) is 9.67. The second-order valence-electron chi connectivity index (χ2n) is 8.61. The number of amides is 1. The number of aryl methyl sites for hydroxylation is 2. The number of β-amino-alcohol motifs (C(OH)–C–C–N with tert-alkyl or cyclic N) is 1. The molecular formula is C24H30ClN3O4. The normalized spacial score (nSPS) is 21.2. The van der Waals surface area contributed by atoms with Gasteiger partial charge in [-0.05, 0) is 54.8 Å². The third-order valence-corrected chi connectivity index (χ3v) is 6.60. The molecule has 8 heteroatoms. The van der Waals surface area contributed by atoms with Crippen molar-refractivity contribution in [1.29, 1.82) is 0 Å². The van der Waals surface area contributed by atoms with Crippen LogP contribution in [0.5, 0.6) is 11.5 Å². The summed E-state index contributed by atoms with van der Waals surface area (Å²) >= 11 is 5.98. The van der Waals surface area contributed by atoms with E-state index >= 15 is 0 Å². The molecule has 2 aliphatic heterocycles. The average molecular weight is 460 g/mol. The number of piperazine rings is 1. The van der Waals surface area contributed by atoms with Crippen LogP contribution < -0.4 is 15.2 Å². The number of carbonyl (C=O) groups excluding carboxylic acids is 1. The lowest BCUT2D eigenvalue weighted by Gasteiger charge is -2.40. The van der Waals surface area contributed by atoms with Crippen LogP contribution in [0.2, 0.25) is 5.02 Å². The summed E-state index contributed by atoms with van der Waals surface area (Å²) in [4.78, 5) is 16.4. The fourth-order valence-electron chi connectivity index (χ4n) is 4.31. The summed E-state index contributed by atoms with van der Waals surface area (Å²) in [5.74, 6) is 1.03. The molecule has 1 fully saturated rings. The van der Waals surface area contributed by atoms with Crippen LogP contribution in [0.1, 0.15) is 22.7 Å². The van der Waals surface area contributed by atoms with Gasteiger partial charge in [-0.2, -0.15) is 0 Å². The summed E-state index contributed by atoms with van der Waals surface area (Å²) in [6.07, 6.45) is -1.10. The van der Waals surface area contributed by atoms with E-state index in [4.69, 9.17) is 26.8 Å². The summed E-state index contributed by atoms with van der Waals surface area (Å²) in [6.45, 7) is 7.64. The highest BCUT2D eigenvalue weighted by Crippen LogP contribution is 2.35. The van der Waals surface area contributed by atoms with Crippen molar-refractivity contribution >= 4 is 17.5 Å². The van der Waals surface area contributed by atoms with Gasteiger partial charge in [0.25, 0.3) is 0 Å². The van der Waals surface area contributed by atoms with Crippen LogP contribution in [0.15, 0.2) is 36.4 Å². The number of nitrogens with two attached hydrogens (primary N) is 1. The van der Waals surface area contributed by atoms with Crippen molar-refractivity contribution in [3.05, 3.63) is 58.1 Å². The molecule has 2 aliphatic rings. The summed E-state index contributed by atoms with van der Waals surface area (Å²) in [5.41, 5.74) is 8.83. The zero-order valence-corrected chi connectivity index (χ0v) is 19.2. The van der Waals surface area contributed by atoms with E-state index in [1.165, 1.54) is 0 Å². The SMILES string of the molecule is Cc1cc2c(cc1C)OC(C(O)CN1CCN(C(C(N)=O)c3ccc(Cl)cc3)CC1)CO2. The fourth-order valence-corrected chi connectivity index (χ4v) is 4.44. The Kier molecular flexibility index (Phi) is 6.90. The third kappa shape index (κ3) is 5.02. The molecule has 0 radical (unpaired) electrons. The van der Waals surface area contributed by atoms with Gasteiger partial charge in [-0.3, -0.25) is 14.6 Å². The van der Waals surface area contributed by atoms with Crippen molar-refractivity contribution < 1.29 is 19.4 Å². The van der Waals surface area contributed by atoms with Gasteiger partial charge in [0.1, 0.15) is 18.8 Å². The van der Waals surface area contributed by atoms with Gasteiger partial charge in [-0.25, -0.2) is 0 Å². The van der Waals surface area contributed by atoms with Gasteiger partial charge in [-0.1, -0.05) is 23.7 Å². The topological polar surface area (TPSA) is 88.3 Å². The molecule has 2 aromatic rings. The van der Waals surface area contributed by atoms with Crippen LogP contribution in [0.25, 0.3) is 0 Å². The van der Waals surface area contributed by atoms with E-state index in [9.17, 15) is 9.90 Å². The molecule has 0 aromatic heterocycles. The highest BCUT2D eigenvalue weighted by atomic mass is 35.5. The number of carbonyl (C=O) groups is 1. The molecule has 3 atom stereocenters. The van der Waals surface area contributed by atoms with Crippen LogP contribution in [0.3, 0.4) is 0 Å². The molecule has 0 saturated carbocycles. The van der Waals surface area contributed by atoms with Crippen molar-refractivity contribution in [2.45, 2.75) is 32.1 Å². The van der Waals surface area contributed by atoms with Crippen molar-refractivity contribution in [2.24, 2.45) is 5.73 Å². The van der Waals surface area contributed by atoms with E-state index in [1.807, 2.05) is 38.1 Å². The summed E-state index contributed by atoms with van der Waals surface area (Å²) in [7, 11) is 0. The summed E-state index contributed by atoms with van der Waals surface area (Å²) < 4.78 is 11.9. The molecule has 32 heavy (non-hydrogen) atoms. The molecular weight excluding hydrogens is 430 g/mol. The number of rotatable bonds is 6. The molecule has 0 spiro atoms. The number of benzene rings is 2. The van der Waals surface area contributed by atoms with Crippen molar-refractivity contribution in [3.63, 3.8) is 0 Å². The Morgan fingerprint density at radius 2 is 1.75 bits per heavy atom. The van der Waals surface area contributed by atoms with Gasteiger partial charge < -0.3 is 20.3 Å². The summed E-state index contributed by atoms with van der Waals surface area (Å²) in [5, 5.41) is 11.4. The minimum Gasteiger partial charge on any atom is -0.486 e. The van der Waals surface area contributed by atoms with E-state index in [2.05, 4.69) is 9.80 Å². The Hall–Kier alpha value is -2.32. The monoisotopic (exact) mass is 459 g/mol. The predicted octanol–water partition coefficient (Wildman–Crippen LogP) is 2.30. The first kappa shape index (κ1) is 22.9. The highest BCUT2D eigenvalue weighted by molar-refractivity contribution is 6.30. The molecule has 0 aliphatic carbocycles. The maximum Gasteiger partial charge on any atom is 0.239 e. The Morgan fingerprint density at radius 3 is 2.38 bits per heavy atom. The van der Waals surface area contributed by atoms with Crippen LogP contribution in [0.4, 0.5) is 0 Å². The van der Waals surface area contributed by atoms with Gasteiger partial charge in [-0.15, -0.1) is 0 Å². The maximum atomic E-state index is 12.2. The smallest absolute Gasteiger partial charge is 0.239 e. The molecule has 4 rings (SSSR count). The van der Waals surface area contributed by atoms with Crippen molar-refractivity contribution in [2.75, 3.05) is 39.3 Å². The number of primary amides is 1. The van der Waals surface area contributed by atoms with E-state index in [0.717, 1.165) is 35.5 Å². The largest absolute Gasteiger partial charge is 0.486 e. The third-order valence-electron chi connectivity index (χ3n) is 6.34. The number of nitrogens with zero attached hydrogens (tertiary/aromatic N) is 2. The van der Waals surface area contributed by atoms with Crippen LogP contribution in [0, 0.1) is 13.8 Å². The van der Waals surface area contributed by atoms with Crippen LogP contribution in [-0.2, 0) is 4.79 Å². The Bertz CT molecular complexity index is 960. The molecule has 2 heterocycles. The molecule has 3 N–H and O–H groups in total. The quantitative estimate of drug-likeness (QED) is 0.689. The average Bonchev–Trinajstić information content (AvgIpc) is 2.76. The Balaban J connectivity index is 1.33. The summed E-state index contributed by atoms with van der Waals surface area (Å²) in [6, 6.07) is 10.7. The minimum atomic E-state index is -0.681. The zero-order valence-electron chi connectivity index (χ0n) is 18.5. The lowest BCUT2D eigenvalue weighted by molar-refractivity contribution is -0.124. The standard InChI is InChI=1S/C24H30ClN3O4/c1-15-11-20-21(12-16(15)2)32-22(14-31-20)19(29)13-27-7-9-28(10-8-27)23(24(26)30)17-3-5-18(25)6-4-17/h3-6,11-12,19,22-23,29H,7-10,13-14H2,1-2H3,(H2,26,30). The molecule has 1 amide bonds. The highest BCUT2D eigenvalue weighted by Gasteiger charge is 2.33. The second-order valence-corrected chi connectivity index (χ2v) is 9.05. The lowest BCUT2D eigenvalue weighted by Crippen LogP contribution is -2.54. The Labute approximate surface area is 193 Å². The minimum absolute atomic E-state index is 0.316. The number of aliphatic hydroxyl groups is 1. The van der Waals surface area contributed by atoms with E-state index in [0.29, 0.717) is 37.0 Å². The number of hydrogen-bond acceptors (Lipinski definition) is 6. The van der Waals surface area contributed by atoms with Crippen LogP contribution >= 0.6 is 11.6 Å². The van der Waals surface area contributed by atoms with Gasteiger partial charge in [0.05, 0.1) is 0 Å². The number of fused-ring (bicyclic) bond motifs is 1.